The van der Waals surface area contributed by atoms with Gasteiger partial charge in [0.15, 0.2) is 6.10 Å². The van der Waals surface area contributed by atoms with E-state index in [1.165, 1.54) is 11.1 Å². The second kappa shape index (κ2) is 7.89. The molecule has 2 N–H and O–H groups in total. The molecule has 2 atom stereocenters. The number of carbonyl (C=O) groups excluding carboxylic acids is 2. The van der Waals surface area contributed by atoms with Crippen LogP contribution in [0, 0.1) is 0 Å². The van der Waals surface area contributed by atoms with Gasteiger partial charge < -0.3 is 15.0 Å². The predicted octanol–water partition coefficient (Wildman–Crippen LogP) is 3.84. The van der Waals surface area contributed by atoms with Crippen molar-refractivity contribution < 1.29 is 14.3 Å². The number of fused-ring (bicyclic) bond motifs is 2. The maximum absolute atomic E-state index is 12.6. The van der Waals surface area contributed by atoms with Gasteiger partial charge in [-0.3, -0.25) is 9.59 Å². The summed E-state index contributed by atoms with van der Waals surface area (Å²) >= 11 is 0. The monoisotopic (exact) mass is 376 g/mol. The minimum Gasteiger partial charge on any atom is -0.452 e. The van der Waals surface area contributed by atoms with Gasteiger partial charge in [-0.25, -0.2) is 0 Å². The van der Waals surface area contributed by atoms with Gasteiger partial charge in [0.1, 0.15) is 0 Å². The van der Waals surface area contributed by atoms with Crippen molar-refractivity contribution in [2.75, 3.05) is 0 Å². The van der Waals surface area contributed by atoms with Gasteiger partial charge in [0, 0.05) is 17.1 Å². The molecule has 5 nitrogen and oxygen atoms in total. The third-order valence-corrected chi connectivity index (χ3v) is 5.37. The zero-order valence-corrected chi connectivity index (χ0v) is 15.9. The fraction of sp³-hybridized carbons (Fsp3) is 0.304. The van der Waals surface area contributed by atoms with Gasteiger partial charge in [0.05, 0.1) is 12.5 Å². The molecule has 4 rings (SSSR count). The maximum atomic E-state index is 12.6. The lowest BCUT2D eigenvalue weighted by atomic mass is 9.87. The number of hydrogen-bond donors (Lipinski definition) is 2. The molecule has 0 spiro atoms. The molecule has 0 radical (unpaired) electrons. The van der Waals surface area contributed by atoms with Gasteiger partial charge >= 0.3 is 5.97 Å². The molecule has 1 amide bonds. The third-order valence-electron chi connectivity index (χ3n) is 5.37. The highest BCUT2D eigenvalue weighted by atomic mass is 16.5. The fourth-order valence-corrected chi connectivity index (χ4v) is 3.92. The first kappa shape index (κ1) is 18.3. The molecule has 0 bridgehead atoms. The Labute approximate surface area is 164 Å². The summed E-state index contributed by atoms with van der Waals surface area (Å²) in [6, 6.07) is 16.0. The van der Waals surface area contributed by atoms with Gasteiger partial charge in [0.2, 0.25) is 0 Å². The van der Waals surface area contributed by atoms with E-state index in [4.69, 9.17) is 4.74 Å². The second-order valence-corrected chi connectivity index (χ2v) is 7.32. The van der Waals surface area contributed by atoms with Gasteiger partial charge in [-0.1, -0.05) is 42.5 Å². The second-order valence-electron chi connectivity index (χ2n) is 7.32. The Hall–Kier alpha value is -3.08. The lowest BCUT2D eigenvalue weighted by Crippen LogP contribution is -2.39. The Morgan fingerprint density at radius 3 is 2.86 bits per heavy atom. The third kappa shape index (κ3) is 3.79. The minimum atomic E-state index is -0.827. The highest BCUT2D eigenvalue weighted by Gasteiger charge is 2.25. The molecule has 0 fully saturated rings. The molecule has 0 unspecified atom stereocenters. The Morgan fingerprint density at radius 1 is 1.18 bits per heavy atom. The molecule has 1 aromatic heterocycles. The van der Waals surface area contributed by atoms with E-state index in [1.807, 2.05) is 42.6 Å². The summed E-state index contributed by atoms with van der Waals surface area (Å²) in [7, 11) is 0. The Balaban J connectivity index is 1.36. The number of carbonyl (C=O) groups is 2. The van der Waals surface area contributed by atoms with E-state index in [0.29, 0.717) is 0 Å². The van der Waals surface area contributed by atoms with E-state index in [-0.39, 0.29) is 18.4 Å². The zero-order valence-electron chi connectivity index (χ0n) is 15.9. The first-order valence-corrected chi connectivity index (χ1v) is 9.74. The molecule has 0 saturated carbocycles. The number of aromatic nitrogens is 1. The lowest BCUT2D eigenvalue weighted by molar-refractivity contribution is -0.154. The highest BCUT2D eigenvalue weighted by molar-refractivity contribution is 5.88. The van der Waals surface area contributed by atoms with Crippen molar-refractivity contribution in [2.24, 2.45) is 0 Å². The number of ether oxygens (including phenoxy) is 1. The molecular weight excluding hydrogens is 352 g/mol. The van der Waals surface area contributed by atoms with Crippen LogP contribution in [0.5, 0.6) is 0 Å². The van der Waals surface area contributed by atoms with Crippen LogP contribution in [0.2, 0.25) is 0 Å². The van der Waals surface area contributed by atoms with E-state index in [1.54, 1.807) is 6.92 Å². The zero-order chi connectivity index (χ0) is 19.5. The molecule has 5 heteroatoms. The Kier molecular flexibility index (Phi) is 5.15. The summed E-state index contributed by atoms with van der Waals surface area (Å²) in [5.41, 5.74) is 4.30. The molecule has 144 valence electrons. The molecule has 0 saturated heterocycles. The van der Waals surface area contributed by atoms with Crippen LogP contribution in [0.15, 0.2) is 54.7 Å². The summed E-state index contributed by atoms with van der Waals surface area (Å²) in [6.07, 6.45) is 4.10. The van der Waals surface area contributed by atoms with Crippen LogP contribution < -0.4 is 5.32 Å². The molecule has 1 aliphatic rings. The Bertz CT molecular complexity index is 1010. The van der Waals surface area contributed by atoms with Crippen molar-refractivity contribution in [1.82, 2.24) is 10.3 Å². The molecule has 1 heterocycles. The number of aromatic amines is 1. The fourth-order valence-electron chi connectivity index (χ4n) is 3.92. The molecular formula is C23H24N2O3. The summed E-state index contributed by atoms with van der Waals surface area (Å²) in [5, 5.41) is 4.04. The van der Waals surface area contributed by atoms with Gasteiger partial charge in [0.25, 0.3) is 5.91 Å². The highest BCUT2D eigenvalue weighted by Crippen LogP contribution is 2.29. The van der Waals surface area contributed by atoms with Crippen LogP contribution in [-0.2, 0) is 27.2 Å². The van der Waals surface area contributed by atoms with Crippen LogP contribution in [0.1, 0.15) is 42.5 Å². The average molecular weight is 376 g/mol. The van der Waals surface area contributed by atoms with Crippen LogP contribution in [0.25, 0.3) is 10.9 Å². The van der Waals surface area contributed by atoms with Gasteiger partial charge in [-0.15, -0.1) is 0 Å². The van der Waals surface area contributed by atoms with Crippen LogP contribution in [-0.4, -0.2) is 23.0 Å². The lowest BCUT2D eigenvalue weighted by Gasteiger charge is -2.27. The van der Waals surface area contributed by atoms with Crippen molar-refractivity contribution in [3.63, 3.8) is 0 Å². The number of hydrogen-bond acceptors (Lipinski definition) is 3. The summed E-state index contributed by atoms with van der Waals surface area (Å²) < 4.78 is 5.40. The largest absolute Gasteiger partial charge is 0.452 e. The van der Waals surface area contributed by atoms with E-state index < -0.39 is 12.1 Å². The molecule has 1 aliphatic carbocycles. The summed E-state index contributed by atoms with van der Waals surface area (Å²) in [6.45, 7) is 1.62. The quantitative estimate of drug-likeness (QED) is 0.665. The maximum Gasteiger partial charge on any atom is 0.311 e. The first-order valence-electron chi connectivity index (χ1n) is 9.74. The number of rotatable bonds is 5. The number of para-hydroxylation sites is 1. The van der Waals surface area contributed by atoms with Crippen molar-refractivity contribution in [2.45, 2.75) is 44.8 Å². The Morgan fingerprint density at radius 2 is 1.96 bits per heavy atom. The summed E-state index contributed by atoms with van der Waals surface area (Å²) in [5.74, 6) is -0.662. The van der Waals surface area contributed by atoms with Crippen molar-refractivity contribution in [1.29, 1.82) is 0 Å². The molecule has 28 heavy (non-hydrogen) atoms. The number of amides is 1. The topological polar surface area (TPSA) is 71.2 Å². The van der Waals surface area contributed by atoms with Crippen LogP contribution in [0.4, 0.5) is 0 Å². The smallest absolute Gasteiger partial charge is 0.311 e. The van der Waals surface area contributed by atoms with Crippen molar-refractivity contribution in [3.05, 3.63) is 71.4 Å². The predicted molar refractivity (Wildman–Crippen MR) is 108 cm³/mol. The van der Waals surface area contributed by atoms with E-state index >= 15 is 0 Å². The number of aryl methyl sites for hydroxylation is 1. The van der Waals surface area contributed by atoms with Gasteiger partial charge in [-0.2, -0.15) is 0 Å². The molecule has 3 aromatic rings. The number of nitrogens with one attached hydrogen (secondary N) is 2. The van der Waals surface area contributed by atoms with E-state index in [2.05, 4.69) is 22.4 Å². The normalized spacial score (nSPS) is 17.0. The van der Waals surface area contributed by atoms with Gasteiger partial charge in [-0.05, 0) is 48.9 Å². The first-order chi connectivity index (χ1) is 13.6. The number of H-pyrrole nitrogens is 1. The molecule has 2 aromatic carbocycles. The van der Waals surface area contributed by atoms with Crippen molar-refractivity contribution >= 4 is 22.8 Å². The number of esters is 1. The number of benzene rings is 2. The standard InChI is InChI=1S/C23H24N2O3/c1-15(23(27)25-21-12-6-8-16-7-2-3-9-18(16)21)28-22(26)13-17-14-24-20-11-5-4-10-19(17)20/h2-5,7,9-11,14-15,21,24H,6,8,12-13H2,1H3,(H,25,27)/t15-,21-/m1/s1. The van der Waals surface area contributed by atoms with E-state index in [0.717, 1.165) is 35.7 Å². The van der Waals surface area contributed by atoms with Crippen LogP contribution >= 0.6 is 0 Å². The van der Waals surface area contributed by atoms with Crippen molar-refractivity contribution in [3.8, 4) is 0 Å². The van der Waals surface area contributed by atoms with E-state index in [9.17, 15) is 9.59 Å². The minimum absolute atomic E-state index is 0.0211. The van der Waals surface area contributed by atoms with Crippen LogP contribution in [0.3, 0.4) is 0 Å². The SMILES string of the molecule is C[C@@H](OC(=O)Cc1c[nH]c2ccccc12)C(=O)N[C@@H]1CCCc2ccccc21. The molecule has 0 aliphatic heterocycles. The average Bonchev–Trinajstić information content (AvgIpc) is 3.11. The summed E-state index contributed by atoms with van der Waals surface area (Å²) in [4.78, 5) is 28.1.